The Balaban J connectivity index is 1.57. The van der Waals surface area contributed by atoms with E-state index >= 15 is 0 Å². The summed E-state index contributed by atoms with van der Waals surface area (Å²) in [6, 6.07) is 11.4. The average Bonchev–Trinajstić information content (AvgIpc) is 2.94. The lowest BCUT2D eigenvalue weighted by molar-refractivity contribution is -0.0704. The van der Waals surface area contributed by atoms with E-state index in [4.69, 9.17) is 4.74 Å². The standard InChI is InChI=1S/C18H27NOS/c1-17(2,15-6-4-3-5-7-15)13-19-16-8-10-20-18(12-16)9-11-21-14-18/h3-7,16,19H,8-14H2,1-2H3. The highest BCUT2D eigenvalue weighted by Gasteiger charge is 2.40. The lowest BCUT2D eigenvalue weighted by atomic mass is 9.83. The highest BCUT2D eigenvalue weighted by atomic mass is 32.2. The Morgan fingerprint density at radius 3 is 2.86 bits per heavy atom. The maximum Gasteiger partial charge on any atom is 0.0795 e. The van der Waals surface area contributed by atoms with Crippen LogP contribution < -0.4 is 5.32 Å². The Bertz CT molecular complexity index is 454. The minimum atomic E-state index is 0.178. The van der Waals surface area contributed by atoms with Crippen LogP contribution in [0.2, 0.25) is 0 Å². The van der Waals surface area contributed by atoms with E-state index < -0.39 is 0 Å². The van der Waals surface area contributed by atoms with Crippen LogP contribution in [0.5, 0.6) is 0 Å². The molecule has 1 aromatic rings. The summed E-state index contributed by atoms with van der Waals surface area (Å²) in [5.41, 5.74) is 1.77. The van der Waals surface area contributed by atoms with Crippen LogP contribution in [0.3, 0.4) is 0 Å². The predicted molar refractivity (Wildman–Crippen MR) is 91.1 cm³/mol. The number of rotatable bonds is 4. The first-order valence-corrected chi connectivity index (χ1v) is 9.26. The summed E-state index contributed by atoms with van der Waals surface area (Å²) >= 11 is 2.05. The molecule has 116 valence electrons. The van der Waals surface area contributed by atoms with Crippen LogP contribution in [0.15, 0.2) is 30.3 Å². The van der Waals surface area contributed by atoms with Crippen molar-refractivity contribution in [2.45, 2.75) is 50.2 Å². The van der Waals surface area contributed by atoms with Gasteiger partial charge in [0.2, 0.25) is 0 Å². The number of hydrogen-bond acceptors (Lipinski definition) is 3. The van der Waals surface area contributed by atoms with Crippen molar-refractivity contribution in [1.29, 1.82) is 0 Å². The number of nitrogens with one attached hydrogen (secondary N) is 1. The quantitative estimate of drug-likeness (QED) is 0.918. The van der Waals surface area contributed by atoms with E-state index in [0.717, 1.165) is 19.6 Å². The van der Waals surface area contributed by atoms with Gasteiger partial charge >= 0.3 is 0 Å². The molecule has 2 saturated heterocycles. The molecule has 1 N–H and O–H groups in total. The Morgan fingerprint density at radius 2 is 2.14 bits per heavy atom. The third-order valence-electron chi connectivity index (χ3n) is 4.95. The number of ether oxygens (including phenoxy) is 1. The molecule has 2 aliphatic rings. The van der Waals surface area contributed by atoms with Gasteiger partial charge in [-0.05, 0) is 30.6 Å². The minimum absolute atomic E-state index is 0.178. The maximum absolute atomic E-state index is 6.11. The zero-order chi connectivity index (χ0) is 14.8. The zero-order valence-electron chi connectivity index (χ0n) is 13.2. The van der Waals surface area contributed by atoms with Gasteiger partial charge in [-0.15, -0.1) is 0 Å². The van der Waals surface area contributed by atoms with Crippen molar-refractivity contribution >= 4 is 11.8 Å². The SMILES string of the molecule is CC(C)(CNC1CCOC2(CCSC2)C1)c1ccccc1. The molecule has 0 radical (unpaired) electrons. The summed E-state index contributed by atoms with van der Waals surface area (Å²) in [7, 11) is 0. The van der Waals surface area contributed by atoms with Crippen LogP contribution in [-0.4, -0.2) is 36.3 Å². The monoisotopic (exact) mass is 305 g/mol. The third-order valence-corrected chi connectivity index (χ3v) is 6.17. The van der Waals surface area contributed by atoms with Gasteiger partial charge in [0.15, 0.2) is 0 Å². The highest BCUT2D eigenvalue weighted by Crippen LogP contribution is 2.38. The smallest absolute Gasteiger partial charge is 0.0795 e. The first-order valence-electron chi connectivity index (χ1n) is 8.10. The molecule has 0 aliphatic carbocycles. The Morgan fingerprint density at radius 1 is 1.33 bits per heavy atom. The maximum atomic E-state index is 6.11. The van der Waals surface area contributed by atoms with E-state index in [9.17, 15) is 0 Å². The third kappa shape index (κ3) is 3.64. The highest BCUT2D eigenvalue weighted by molar-refractivity contribution is 7.99. The van der Waals surface area contributed by atoms with E-state index in [1.807, 2.05) is 11.8 Å². The molecule has 21 heavy (non-hydrogen) atoms. The average molecular weight is 305 g/mol. The van der Waals surface area contributed by atoms with E-state index in [2.05, 4.69) is 49.5 Å². The Labute approximate surface area is 133 Å². The fourth-order valence-corrected chi connectivity index (χ4v) is 4.83. The van der Waals surface area contributed by atoms with Gasteiger partial charge in [0.1, 0.15) is 0 Å². The summed E-state index contributed by atoms with van der Waals surface area (Å²) in [5.74, 6) is 2.45. The number of thioether (sulfide) groups is 1. The van der Waals surface area contributed by atoms with Gasteiger partial charge in [0.05, 0.1) is 5.60 Å². The van der Waals surface area contributed by atoms with Gasteiger partial charge in [0, 0.05) is 30.4 Å². The van der Waals surface area contributed by atoms with E-state index in [1.54, 1.807) is 0 Å². The van der Waals surface area contributed by atoms with Crippen molar-refractivity contribution in [2.75, 3.05) is 24.7 Å². The largest absolute Gasteiger partial charge is 0.374 e. The fraction of sp³-hybridized carbons (Fsp3) is 0.667. The molecule has 1 spiro atoms. The molecule has 3 rings (SSSR count). The van der Waals surface area contributed by atoms with Gasteiger partial charge in [-0.25, -0.2) is 0 Å². The number of hydrogen-bond donors (Lipinski definition) is 1. The normalized spacial score (nSPS) is 29.9. The van der Waals surface area contributed by atoms with Gasteiger partial charge in [0.25, 0.3) is 0 Å². The van der Waals surface area contributed by atoms with Gasteiger partial charge in [-0.2, -0.15) is 11.8 Å². The topological polar surface area (TPSA) is 21.3 Å². The molecule has 0 saturated carbocycles. The van der Waals surface area contributed by atoms with Crippen molar-refractivity contribution in [2.24, 2.45) is 0 Å². The second kappa shape index (κ2) is 6.31. The lowest BCUT2D eigenvalue weighted by Gasteiger charge is -2.39. The van der Waals surface area contributed by atoms with Gasteiger partial charge in [-0.3, -0.25) is 0 Å². The van der Waals surface area contributed by atoms with Crippen molar-refractivity contribution in [3.63, 3.8) is 0 Å². The van der Waals surface area contributed by atoms with Crippen molar-refractivity contribution in [3.8, 4) is 0 Å². The molecule has 2 atom stereocenters. The van der Waals surface area contributed by atoms with Crippen molar-refractivity contribution < 1.29 is 4.74 Å². The van der Waals surface area contributed by atoms with Crippen LogP contribution in [0.4, 0.5) is 0 Å². The molecular formula is C18H27NOS. The summed E-state index contributed by atoms with van der Waals surface area (Å²) in [6.45, 7) is 6.61. The first kappa shape index (κ1) is 15.4. The molecule has 2 unspecified atom stereocenters. The molecule has 3 heteroatoms. The van der Waals surface area contributed by atoms with Crippen LogP contribution in [0, 0.1) is 0 Å². The van der Waals surface area contributed by atoms with Gasteiger partial charge < -0.3 is 10.1 Å². The first-order chi connectivity index (χ1) is 10.1. The predicted octanol–water partition coefficient (Wildman–Crippen LogP) is 3.61. The summed E-state index contributed by atoms with van der Waals surface area (Å²) in [4.78, 5) is 0. The van der Waals surface area contributed by atoms with Crippen molar-refractivity contribution in [3.05, 3.63) is 35.9 Å². The Hall–Kier alpha value is -0.510. The second-order valence-corrected chi connectivity index (χ2v) is 8.26. The molecule has 1 aromatic carbocycles. The van der Waals surface area contributed by atoms with E-state index in [0.29, 0.717) is 6.04 Å². The van der Waals surface area contributed by atoms with Crippen LogP contribution in [-0.2, 0) is 10.2 Å². The minimum Gasteiger partial charge on any atom is -0.374 e. The summed E-state index contributed by atoms with van der Waals surface area (Å²) < 4.78 is 6.11. The molecular weight excluding hydrogens is 278 g/mol. The Kier molecular flexibility index (Phi) is 4.63. The molecule has 2 heterocycles. The summed E-state index contributed by atoms with van der Waals surface area (Å²) in [6.07, 6.45) is 3.57. The fourth-order valence-electron chi connectivity index (χ4n) is 3.46. The second-order valence-electron chi connectivity index (χ2n) is 7.15. The summed E-state index contributed by atoms with van der Waals surface area (Å²) in [5, 5.41) is 3.82. The van der Waals surface area contributed by atoms with Gasteiger partial charge in [-0.1, -0.05) is 44.2 Å². The van der Waals surface area contributed by atoms with Crippen LogP contribution in [0.25, 0.3) is 0 Å². The zero-order valence-corrected chi connectivity index (χ0v) is 14.0. The van der Waals surface area contributed by atoms with Crippen LogP contribution >= 0.6 is 11.8 Å². The lowest BCUT2D eigenvalue weighted by Crippen LogP contribution is -2.49. The van der Waals surface area contributed by atoms with Crippen molar-refractivity contribution in [1.82, 2.24) is 5.32 Å². The number of benzene rings is 1. The molecule has 0 bridgehead atoms. The molecule has 0 aromatic heterocycles. The molecule has 2 aliphatic heterocycles. The van der Waals surface area contributed by atoms with E-state index in [-0.39, 0.29) is 11.0 Å². The van der Waals surface area contributed by atoms with E-state index in [1.165, 1.54) is 29.9 Å². The van der Waals surface area contributed by atoms with Crippen LogP contribution in [0.1, 0.15) is 38.7 Å². The molecule has 2 fully saturated rings. The molecule has 0 amide bonds. The molecule has 2 nitrogen and oxygen atoms in total.